The molecule has 2 rings (SSSR count). The molecule has 5 heteroatoms. The zero-order valence-electron chi connectivity index (χ0n) is 7.61. The molecule has 0 atom stereocenters. The summed E-state index contributed by atoms with van der Waals surface area (Å²) in [5.74, 6) is 0. The van der Waals surface area contributed by atoms with E-state index in [1.54, 1.807) is 24.3 Å². The number of nitrogens with zero attached hydrogens (tertiary/aromatic N) is 1. The maximum atomic E-state index is 11.5. The van der Waals surface area contributed by atoms with Crippen molar-refractivity contribution in [1.82, 2.24) is 9.55 Å². The number of aromatic amines is 1. The number of H-pyrrole nitrogens is 1. The van der Waals surface area contributed by atoms with E-state index in [2.05, 4.69) is 20.9 Å². The van der Waals surface area contributed by atoms with Crippen LogP contribution in [-0.2, 0) is 0 Å². The lowest BCUT2D eigenvalue weighted by Gasteiger charge is -2.02. The Morgan fingerprint density at radius 2 is 1.73 bits per heavy atom. The van der Waals surface area contributed by atoms with E-state index in [1.807, 2.05) is 0 Å². The molecular weight excluding hydrogens is 260 g/mol. The SMILES string of the molecule is O=c1cc[nH]c(=O)n1-c1ccc(Br)cc1. The molecule has 76 valence electrons. The van der Waals surface area contributed by atoms with Crippen LogP contribution in [0.25, 0.3) is 5.69 Å². The van der Waals surface area contributed by atoms with Gasteiger partial charge in [0.2, 0.25) is 0 Å². The summed E-state index contributed by atoms with van der Waals surface area (Å²) in [4.78, 5) is 25.3. The number of rotatable bonds is 1. The number of hydrogen-bond donors (Lipinski definition) is 1. The van der Waals surface area contributed by atoms with Crippen LogP contribution in [0.1, 0.15) is 0 Å². The van der Waals surface area contributed by atoms with Crippen LogP contribution in [0.3, 0.4) is 0 Å². The predicted octanol–water partition coefficient (Wildman–Crippen LogP) is 1.29. The molecule has 4 nitrogen and oxygen atoms in total. The average molecular weight is 267 g/mol. The van der Waals surface area contributed by atoms with Crippen molar-refractivity contribution in [2.45, 2.75) is 0 Å². The van der Waals surface area contributed by atoms with Crippen LogP contribution in [0.2, 0.25) is 0 Å². The Balaban J connectivity index is 2.69. The van der Waals surface area contributed by atoms with Crippen LogP contribution >= 0.6 is 15.9 Å². The first-order chi connectivity index (χ1) is 7.18. The fraction of sp³-hybridized carbons (Fsp3) is 0. The fourth-order valence-electron chi connectivity index (χ4n) is 1.26. The van der Waals surface area contributed by atoms with Crippen LogP contribution in [0.4, 0.5) is 0 Å². The Kier molecular flexibility index (Phi) is 2.55. The van der Waals surface area contributed by atoms with E-state index in [4.69, 9.17) is 0 Å². The third kappa shape index (κ3) is 1.92. The average Bonchev–Trinajstić information content (AvgIpc) is 2.20. The molecular formula is C10H7BrN2O2. The minimum absolute atomic E-state index is 0.346. The Hall–Kier alpha value is -1.62. The normalized spacial score (nSPS) is 10.2. The van der Waals surface area contributed by atoms with Crippen molar-refractivity contribution in [2.75, 3.05) is 0 Å². The van der Waals surface area contributed by atoms with Crippen LogP contribution in [-0.4, -0.2) is 9.55 Å². The summed E-state index contributed by atoms with van der Waals surface area (Å²) in [7, 11) is 0. The highest BCUT2D eigenvalue weighted by atomic mass is 79.9. The van der Waals surface area contributed by atoms with Crippen LogP contribution < -0.4 is 11.2 Å². The molecule has 1 N–H and O–H groups in total. The van der Waals surface area contributed by atoms with Crippen molar-refractivity contribution < 1.29 is 0 Å². The molecule has 0 aliphatic heterocycles. The predicted molar refractivity (Wildman–Crippen MR) is 60.4 cm³/mol. The first kappa shape index (κ1) is 9.92. The molecule has 1 heterocycles. The van der Waals surface area contributed by atoms with E-state index < -0.39 is 5.69 Å². The highest BCUT2D eigenvalue weighted by Crippen LogP contribution is 2.11. The molecule has 0 aliphatic rings. The third-order valence-corrected chi connectivity index (χ3v) is 2.47. The van der Waals surface area contributed by atoms with Gasteiger partial charge in [-0.25, -0.2) is 9.36 Å². The molecule has 0 radical (unpaired) electrons. The minimum atomic E-state index is -0.440. The molecule has 0 saturated carbocycles. The van der Waals surface area contributed by atoms with Crippen molar-refractivity contribution in [1.29, 1.82) is 0 Å². The number of aromatic nitrogens is 2. The van der Waals surface area contributed by atoms with Gasteiger partial charge in [0.15, 0.2) is 0 Å². The Labute approximate surface area is 93.3 Å². The monoisotopic (exact) mass is 266 g/mol. The van der Waals surface area contributed by atoms with Gasteiger partial charge in [0.1, 0.15) is 0 Å². The molecule has 0 fully saturated rings. The topological polar surface area (TPSA) is 54.9 Å². The quantitative estimate of drug-likeness (QED) is 0.846. The van der Waals surface area contributed by atoms with Gasteiger partial charge >= 0.3 is 5.69 Å². The van der Waals surface area contributed by atoms with E-state index in [1.165, 1.54) is 12.3 Å². The molecule has 1 aromatic heterocycles. The molecule has 0 unspecified atom stereocenters. The van der Waals surface area contributed by atoms with Crippen molar-refractivity contribution in [3.05, 3.63) is 61.8 Å². The van der Waals surface area contributed by atoms with E-state index >= 15 is 0 Å². The maximum Gasteiger partial charge on any atom is 0.332 e. The molecule has 2 aromatic rings. The number of hydrogen-bond acceptors (Lipinski definition) is 2. The standard InChI is InChI=1S/C10H7BrN2O2/c11-7-1-3-8(4-2-7)13-9(14)5-6-12-10(13)15/h1-6H,(H,12,15). The summed E-state index contributed by atoms with van der Waals surface area (Å²) >= 11 is 3.28. The van der Waals surface area contributed by atoms with Crippen molar-refractivity contribution in [3.8, 4) is 5.69 Å². The molecule has 0 spiro atoms. The van der Waals surface area contributed by atoms with Gasteiger partial charge in [0.05, 0.1) is 5.69 Å². The largest absolute Gasteiger partial charge is 0.332 e. The van der Waals surface area contributed by atoms with Gasteiger partial charge in [-0.05, 0) is 24.3 Å². The number of halogens is 1. The lowest BCUT2D eigenvalue weighted by Crippen LogP contribution is -2.32. The Morgan fingerprint density at radius 3 is 2.33 bits per heavy atom. The van der Waals surface area contributed by atoms with Gasteiger partial charge < -0.3 is 4.98 Å². The first-order valence-electron chi connectivity index (χ1n) is 4.25. The van der Waals surface area contributed by atoms with Gasteiger partial charge in [0, 0.05) is 16.7 Å². The summed E-state index contributed by atoms with van der Waals surface area (Å²) in [5.41, 5.74) is -0.240. The van der Waals surface area contributed by atoms with Crippen LogP contribution in [0.15, 0.2) is 50.6 Å². The smallest absolute Gasteiger partial charge is 0.314 e. The molecule has 1 aromatic carbocycles. The summed E-state index contributed by atoms with van der Waals surface area (Å²) in [5, 5.41) is 0. The number of nitrogens with one attached hydrogen (secondary N) is 1. The highest BCUT2D eigenvalue weighted by molar-refractivity contribution is 9.10. The molecule has 0 aliphatic carbocycles. The van der Waals surface area contributed by atoms with Gasteiger partial charge in [-0.3, -0.25) is 4.79 Å². The van der Waals surface area contributed by atoms with Crippen LogP contribution in [0.5, 0.6) is 0 Å². The zero-order chi connectivity index (χ0) is 10.8. The summed E-state index contributed by atoms with van der Waals surface area (Å²) < 4.78 is 1.97. The van der Waals surface area contributed by atoms with Gasteiger partial charge in [-0.15, -0.1) is 0 Å². The number of benzene rings is 1. The maximum absolute atomic E-state index is 11.5. The van der Waals surface area contributed by atoms with Crippen LogP contribution in [0, 0.1) is 0 Å². The second-order valence-corrected chi connectivity index (χ2v) is 3.85. The van der Waals surface area contributed by atoms with Gasteiger partial charge in [0.25, 0.3) is 5.56 Å². The molecule has 0 amide bonds. The van der Waals surface area contributed by atoms with Gasteiger partial charge in [-0.2, -0.15) is 0 Å². The highest BCUT2D eigenvalue weighted by Gasteiger charge is 2.02. The summed E-state index contributed by atoms with van der Waals surface area (Å²) in [6.07, 6.45) is 1.33. The first-order valence-corrected chi connectivity index (χ1v) is 5.04. The molecule has 15 heavy (non-hydrogen) atoms. The van der Waals surface area contributed by atoms with E-state index in [9.17, 15) is 9.59 Å². The molecule has 0 bridgehead atoms. The Bertz CT molecular complexity index is 555. The van der Waals surface area contributed by atoms with E-state index in [0.29, 0.717) is 5.69 Å². The summed E-state index contributed by atoms with van der Waals surface area (Å²) in [6.45, 7) is 0. The Morgan fingerprint density at radius 1 is 1.07 bits per heavy atom. The minimum Gasteiger partial charge on any atom is -0.314 e. The van der Waals surface area contributed by atoms with Crippen molar-refractivity contribution >= 4 is 15.9 Å². The van der Waals surface area contributed by atoms with Gasteiger partial charge in [-0.1, -0.05) is 15.9 Å². The lowest BCUT2D eigenvalue weighted by atomic mass is 10.3. The second kappa shape index (κ2) is 3.86. The van der Waals surface area contributed by atoms with E-state index in [0.717, 1.165) is 9.04 Å². The fourth-order valence-corrected chi connectivity index (χ4v) is 1.52. The van der Waals surface area contributed by atoms with E-state index in [-0.39, 0.29) is 5.56 Å². The third-order valence-electron chi connectivity index (χ3n) is 1.94. The van der Waals surface area contributed by atoms with Crippen molar-refractivity contribution in [2.24, 2.45) is 0 Å². The second-order valence-electron chi connectivity index (χ2n) is 2.93. The zero-order valence-corrected chi connectivity index (χ0v) is 9.19. The molecule has 0 saturated heterocycles. The summed E-state index contributed by atoms with van der Waals surface area (Å²) in [6, 6.07) is 8.24. The van der Waals surface area contributed by atoms with Crippen molar-refractivity contribution in [3.63, 3.8) is 0 Å². The lowest BCUT2D eigenvalue weighted by molar-refractivity contribution is 0.875.